The minimum Gasteiger partial charge on any atom is -0.364 e. The van der Waals surface area contributed by atoms with Gasteiger partial charge < -0.3 is 5.32 Å². The molecule has 5 heteroatoms. The van der Waals surface area contributed by atoms with E-state index >= 15 is 0 Å². The van der Waals surface area contributed by atoms with Gasteiger partial charge in [-0.1, -0.05) is 20.8 Å². The van der Waals surface area contributed by atoms with Crippen LogP contribution in [0.25, 0.3) is 0 Å². The summed E-state index contributed by atoms with van der Waals surface area (Å²) in [5, 5.41) is 2.98. The smallest absolute Gasteiger partial charge is 0.168 e. The van der Waals surface area contributed by atoms with Crippen molar-refractivity contribution < 1.29 is 8.78 Å². The summed E-state index contributed by atoms with van der Waals surface area (Å²) >= 11 is 5.72. The first-order valence-corrected chi connectivity index (χ1v) is 6.01. The van der Waals surface area contributed by atoms with E-state index in [1.165, 1.54) is 0 Å². The molecule has 0 saturated carbocycles. The molecule has 1 aromatic rings. The Hall–Kier alpha value is -0.900. The Bertz CT molecular complexity index is 377. The predicted octanol–water partition coefficient (Wildman–Crippen LogP) is 3.82. The Kier molecular flexibility index (Phi) is 4.69. The second-order valence-corrected chi connectivity index (χ2v) is 5.40. The molecule has 96 valence electrons. The van der Waals surface area contributed by atoms with Crippen LogP contribution in [0.2, 0.25) is 0 Å². The second kappa shape index (κ2) is 5.63. The zero-order valence-electron chi connectivity index (χ0n) is 10.2. The third-order valence-electron chi connectivity index (χ3n) is 2.56. The van der Waals surface area contributed by atoms with Crippen LogP contribution in [0, 0.1) is 17.0 Å². The third-order valence-corrected chi connectivity index (χ3v) is 2.78. The summed E-state index contributed by atoms with van der Waals surface area (Å²) < 4.78 is 26.2. The molecule has 0 aromatic carbocycles. The molecule has 1 rings (SSSR count). The van der Waals surface area contributed by atoms with Crippen LogP contribution in [0.4, 0.5) is 14.6 Å². The van der Waals surface area contributed by atoms with Crippen molar-refractivity contribution in [1.29, 1.82) is 0 Å². The molecule has 0 bridgehead atoms. The molecule has 1 N–H and O–H groups in total. The molecule has 0 radical (unpaired) electrons. The quantitative estimate of drug-likeness (QED) is 0.835. The minimum atomic E-state index is -0.686. The van der Waals surface area contributed by atoms with Gasteiger partial charge in [0.1, 0.15) is 5.82 Å². The Labute approximate surface area is 105 Å². The van der Waals surface area contributed by atoms with Gasteiger partial charge in [-0.3, -0.25) is 0 Å². The molecule has 0 saturated heterocycles. The number of aromatic nitrogens is 1. The average molecular weight is 263 g/mol. The summed E-state index contributed by atoms with van der Waals surface area (Å²) in [6.45, 7) is 6.08. The molecule has 1 heterocycles. The average Bonchev–Trinajstić information content (AvgIpc) is 2.19. The second-order valence-electron chi connectivity index (χ2n) is 5.02. The van der Waals surface area contributed by atoms with Crippen molar-refractivity contribution in [2.45, 2.75) is 33.2 Å². The van der Waals surface area contributed by atoms with Crippen molar-refractivity contribution in [3.63, 3.8) is 0 Å². The number of hydrogen-bond acceptors (Lipinski definition) is 2. The monoisotopic (exact) mass is 262 g/mol. The van der Waals surface area contributed by atoms with Crippen molar-refractivity contribution in [2.75, 3.05) is 11.2 Å². The molecular formula is C12H17ClF2N2. The highest BCUT2D eigenvalue weighted by Crippen LogP contribution is 2.26. The number of nitrogens with zero attached hydrogens (tertiary/aromatic N) is 1. The highest BCUT2D eigenvalue weighted by molar-refractivity contribution is 6.17. The van der Waals surface area contributed by atoms with Gasteiger partial charge in [0.05, 0.1) is 6.20 Å². The van der Waals surface area contributed by atoms with Crippen LogP contribution in [0.3, 0.4) is 0 Å². The molecule has 0 amide bonds. The van der Waals surface area contributed by atoms with Gasteiger partial charge in [-0.15, -0.1) is 11.6 Å². The highest BCUT2D eigenvalue weighted by Gasteiger charge is 2.25. The van der Waals surface area contributed by atoms with E-state index in [4.69, 9.17) is 11.6 Å². The number of pyridine rings is 1. The molecule has 0 fully saturated rings. The first-order valence-electron chi connectivity index (χ1n) is 5.48. The Balaban J connectivity index is 2.86. The van der Waals surface area contributed by atoms with Crippen molar-refractivity contribution in [1.82, 2.24) is 4.98 Å². The van der Waals surface area contributed by atoms with Gasteiger partial charge in [-0.05, 0) is 11.8 Å². The molecule has 17 heavy (non-hydrogen) atoms. The third kappa shape index (κ3) is 4.11. The SMILES string of the molecule is CC(C)(C)C(CCCl)Nc1ncc(F)cc1F. The predicted molar refractivity (Wildman–Crippen MR) is 66.4 cm³/mol. The number of halogens is 3. The molecular weight excluding hydrogens is 246 g/mol. The van der Waals surface area contributed by atoms with Crippen LogP contribution in [0.1, 0.15) is 27.2 Å². The lowest BCUT2D eigenvalue weighted by Gasteiger charge is -2.31. The number of nitrogens with one attached hydrogen (secondary N) is 1. The van der Waals surface area contributed by atoms with E-state index in [9.17, 15) is 8.78 Å². The molecule has 0 spiro atoms. The summed E-state index contributed by atoms with van der Waals surface area (Å²) in [4.78, 5) is 3.71. The molecule has 0 aliphatic carbocycles. The first-order chi connectivity index (χ1) is 7.84. The van der Waals surface area contributed by atoms with Crippen LogP contribution < -0.4 is 5.32 Å². The maximum Gasteiger partial charge on any atom is 0.168 e. The number of rotatable bonds is 4. The molecule has 1 unspecified atom stereocenters. The van der Waals surface area contributed by atoms with Crippen molar-refractivity contribution in [3.8, 4) is 0 Å². The van der Waals surface area contributed by atoms with Crippen molar-refractivity contribution in [3.05, 3.63) is 23.9 Å². The molecule has 0 aliphatic rings. The van der Waals surface area contributed by atoms with Gasteiger partial charge >= 0.3 is 0 Å². The van der Waals surface area contributed by atoms with Crippen LogP contribution >= 0.6 is 11.6 Å². The Morgan fingerprint density at radius 1 is 1.41 bits per heavy atom. The fourth-order valence-electron chi connectivity index (χ4n) is 1.52. The summed E-state index contributed by atoms with van der Waals surface area (Å²) in [7, 11) is 0. The lowest BCUT2D eigenvalue weighted by molar-refractivity contribution is 0.333. The molecule has 2 nitrogen and oxygen atoms in total. The lowest BCUT2D eigenvalue weighted by atomic mass is 9.85. The van der Waals surface area contributed by atoms with E-state index < -0.39 is 11.6 Å². The van der Waals surface area contributed by atoms with Crippen LogP contribution in [-0.4, -0.2) is 16.9 Å². The number of hydrogen-bond donors (Lipinski definition) is 1. The zero-order chi connectivity index (χ0) is 13.1. The molecule has 0 aliphatic heterocycles. The van der Waals surface area contributed by atoms with E-state index in [1.54, 1.807) is 0 Å². The first kappa shape index (κ1) is 14.2. The Morgan fingerprint density at radius 2 is 2.06 bits per heavy atom. The zero-order valence-corrected chi connectivity index (χ0v) is 11.0. The van der Waals surface area contributed by atoms with E-state index in [0.29, 0.717) is 12.3 Å². The van der Waals surface area contributed by atoms with E-state index in [0.717, 1.165) is 12.3 Å². The van der Waals surface area contributed by atoms with Crippen LogP contribution in [0.5, 0.6) is 0 Å². The largest absolute Gasteiger partial charge is 0.364 e. The lowest BCUT2D eigenvalue weighted by Crippen LogP contribution is -2.35. The van der Waals surface area contributed by atoms with Crippen molar-refractivity contribution in [2.24, 2.45) is 5.41 Å². The topological polar surface area (TPSA) is 24.9 Å². The fourth-order valence-corrected chi connectivity index (χ4v) is 1.73. The van der Waals surface area contributed by atoms with Crippen LogP contribution in [-0.2, 0) is 0 Å². The van der Waals surface area contributed by atoms with E-state index in [-0.39, 0.29) is 17.3 Å². The molecule has 1 atom stereocenters. The maximum atomic E-state index is 13.4. The van der Waals surface area contributed by atoms with Gasteiger partial charge in [0, 0.05) is 18.0 Å². The van der Waals surface area contributed by atoms with E-state index in [2.05, 4.69) is 10.3 Å². The van der Waals surface area contributed by atoms with Gasteiger partial charge in [0.2, 0.25) is 0 Å². The summed E-state index contributed by atoms with van der Waals surface area (Å²) in [5.74, 6) is -0.833. The standard InChI is InChI=1S/C12H17ClF2N2/c1-12(2,3)10(4-5-13)17-11-9(15)6-8(14)7-16-11/h6-7,10H,4-5H2,1-3H3,(H,16,17). The van der Waals surface area contributed by atoms with Crippen molar-refractivity contribution >= 4 is 17.4 Å². The fraction of sp³-hybridized carbons (Fsp3) is 0.583. The van der Waals surface area contributed by atoms with Crippen LogP contribution in [0.15, 0.2) is 12.3 Å². The van der Waals surface area contributed by atoms with Gasteiger partial charge in [-0.2, -0.15) is 0 Å². The normalized spacial score (nSPS) is 13.5. The highest BCUT2D eigenvalue weighted by atomic mass is 35.5. The van der Waals surface area contributed by atoms with Gasteiger partial charge in [0.15, 0.2) is 11.6 Å². The number of alkyl halides is 1. The van der Waals surface area contributed by atoms with E-state index in [1.807, 2.05) is 20.8 Å². The number of anilines is 1. The maximum absolute atomic E-state index is 13.4. The summed E-state index contributed by atoms with van der Waals surface area (Å²) in [6.07, 6.45) is 1.68. The summed E-state index contributed by atoms with van der Waals surface area (Å²) in [5.41, 5.74) is -0.0859. The Morgan fingerprint density at radius 3 is 2.53 bits per heavy atom. The summed E-state index contributed by atoms with van der Waals surface area (Å²) in [6, 6.07) is 0.794. The minimum absolute atomic E-state index is 0.0209. The van der Waals surface area contributed by atoms with Gasteiger partial charge in [-0.25, -0.2) is 13.8 Å². The molecule has 1 aromatic heterocycles. The van der Waals surface area contributed by atoms with Gasteiger partial charge in [0.25, 0.3) is 0 Å².